The van der Waals surface area contributed by atoms with Gasteiger partial charge in [-0.05, 0) is 16.7 Å². The van der Waals surface area contributed by atoms with Crippen molar-refractivity contribution in [2.24, 2.45) is 0 Å². The molecule has 0 fully saturated rings. The molecule has 0 spiro atoms. The van der Waals surface area contributed by atoms with E-state index in [2.05, 4.69) is 19.7 Å². The number of hydrogen-bond donors (Lipinski definition) is 1. The smallest absolute Gasteiger partial charge is 0.272 e. The normalized spacial score (nSPS) is 10.2. The van der Waals surface area contributed by atoms with Crippen molar-refractivity contribution in [2.45, 2.75) is 0 Å². The van der Waals surface area contributed by atoms with Crippen LogP contribution in [0.2, 0.25) is 0 Å². The van der Waals surface area contributed by atoms with Gasteiger partial charge in [0, 0.05) is 0 Å². The number of nitrogens with zero attached hydrogens (tertiary/aromatic N) is 4. The van der Waals surface area contributed by atoms with E-state index in [1.807, 2.05) is 0 Å². The molecule has 0 aliphatic heterocycles. The summed E-state index contributed by atoms with van der Waals surface area (Å²) in [4.78, 5) is 4.50. The van der Waals surface area contributed by atoms with Crippen LogP contribution in [-0.2, 0) is 0 Å². The third-order valence-electron chi connectivity index (χ3n) is 1.01. The van der Waals surface area contributed by atoms with E-state index in [1.54, 1.807) is 0 Å². The van der Waals surface area contributed by atoms with E-state index >= 15 is 0 Å². The first-order chi connectivity index (χ1) is 5.36. The lowest BCUT2D eigenvalue weighted by Crippen LogP contribution is -1.84. The molecule has 2 rings (SSSR count). The molecule has 0 bridgehead atoms. The fraction of sp³-hybridized carbons (Fsp3) is 0. The Morgan fingerprint density at radius 1 is 1.55 bits per heavy atom. The third-order valence-corrected chi connectivity index (χ3v) is 1.67. The van der Waals surface area contributed by atoms with Crippen LogP contribution in [0.4, 0.5) is 5.95 Å². The summed E-state index contributed by atoms with van der Waals surface area (Å²) in [5.41, 5.74) is 5.23. The van der Waals surface area contributed by atoms with Crippen molar-refractivity contribution in [2.75, 3.05) is 5.73 Å². The zero-order valence-corrected chi connectivity index (χ0v) is 6.08. The van der Waals surface area contributed by atoms with Crippen LogP contribution in [0.15, 0.2) is 10.7 Å². The highest BCUT2D eigenvalue weighted by molar-refractivity contribution is 7.09. The van der Waals surface area contributed by atoms with Crippen molar-refractivity contribution in [1.29, 1.82) is 0 Å². The molecular weight excluding hydrogens is 166 g/mol. The predicted octanol–water partition coefficient (Wildman–Crippen LogP) is 0.170. The van der Waals surface area contributed by atoms with Crippen molar-refractivity contribution in [3.8, 4) is 10.8 Å². The molecule has 2 aromatic rings. The van der Waals surface area contributed by atoms with E-state index in [4.69, 9.17) is 10.3 Å². The monoisotopic (exact) mass is 169 g/mol. The van der Waals surface area contributed by atoms with E-state index in [0.29, 0.717) is 10.8 Å². The summed E-state index contributed by atoms with van der Waals surface area (Å²) >= 11 is 1.18. The van der Waals surface area contributed by atoms with Crippen molar-refractivity contribution in [3.63, 3.8) is 0 Å². The Bertz CT molecular complexity index is 341. The van der Waals surface area contributed by atoms with Gasteiger partial charge in [0.15, 0.2) is 0 Å². The van der Waals surface area contributed by atoms with Gasteiger partial charge in [-0.15, -0.1) is 5.10 Å². The van der Waals surface area contributed by atoms with Crippen molar-refractivity contribution >= 4 is 17.5 Å². The van der Waals surface area contributed by atoms with Gasteiger partial charge in [-0.1, -0.05) is 4.49 Å². The largest absolute Gasteiger partial charge is 0.365 e. The Labute approximate surface area is 65.2 Å². The molecule has 11 heavy (non-hydrogen) atoms. The number of nitrogen functional groups attached to an aromatic ring is 1. The molecule has 0 aromatic carbocycles. The summed E-state index contributed by atoms with van der Waals surface area (Å²) < 4.78 is 8.38. The van der Waals surface area contributed by atoms with Crippen LogP contribution < -0.4 is 5.73 Å². The molecule has 0 aliphatic rings. The minimum Gasteiger partial charge on any atom is -0.365 e. The lowest BCUT2D eigenvalue weighted by Gasteiger charge is -1.77. The molecule has 56 valence electrons. The highest BCUT2D eigenvalue weighted by Crippen LogP contribution is 2.18. The summed E-state index contributed by atoms with van der Waals surface area (Å²) in [5, 5.41) is 7.02. The Morgan fingerprint density at radius 3 is 3.00 bits per heavy atom. The summed E-state index contributed by atoms with van der Waals surface area (Å²) in [6.45, 7) is 0. The van der Waals surface area contributed by atoms with E-state index in [-0.39, 0.29) is 5.95 Å². The van der Waals surface area contributed by atoms with Crippen LogP contribution in [0.5, 0.6) is 0 Å². The molecule has 0 saturated carbocycles. The molecule has 0 radical (unpaired) electrons. The molecule has 7 heteroatoms. The van der Waals surface area contributed by atoms with Crippen LogP contribution in [0.1, 0.15) is 0 Å². The second kappa shape index (κ2) is 2.27. The van der Waals surface area contributed by atoms with Crippen molar-refractivity contribution < 1.29 is 4.52 Å². The molecule has 2 aromatic heterocycles. The topological polar surface area (TPSA) is 90.7 Å². The highest BCUT2D eigenvalue weighted by atomic mass is 32.1. The van der Waals surface area contributed by atoms with Gasteiger partial charge < -0.3 is 10.3 Å². The van der Waals surface area contributed by atoms with E-state index in [9.17, 15) is 0 Å². The average molecular weight is 169 g/mol. The lowest BCUT2D eigenvalue weighted by atomic mass is 10.6. The Kier molecular flexibility index (Phi) is 1.29. The fourth-order valence-electron chi connectivity index (χ4n) is 0.596. The molecule has 2 N–H and O–H groups in total. The van der Waals surface area contributed by atoms with E-state index in [0.717, 1.165) is 0 Å². The van der Waals surface area contributed by atoms with Crippen LogP contribution >= 0.6 is 11.5 Å². The number of hydrogen-bond acceptors (Lipinski definition) is 7. The minimum absolute atomic E-state index is 0.119. The van der Waals surface area contributed by atoms with Gasteiger partial charge in [-0.2, -0.15) is 4.98 Å². The quantitative estimate of drug-likeness (QED) is 0.654. The molecular formula is C4H3N5OS. The second-order valence-corrected chi connectivity index (χ2v) is 2.53. The van der Waals surface area contributed by atoms with Gasteiger partial charge in [0.1, 0.15) is 4.88 Å². The first-order valence-electron chi connectivity index (χ1n) is 2.73. The van der Waals surface area contributed by atoms with Crippen LogP contribution in [0, 0.1) is 0 Å². The predicted molar refractivity (Wildman–Crippen MR) is 37.6 cm³/mol. The Hall–Kier alpha value is -1.50. The summed E-state index contributed by atoms with van der Waals surface area (Å²) in [6, 6.07) is 0. The lowest BCUT2D eigenvalue weighted by molar-refractivity contribution is 0.434. The minimum atomic E-state index is 0.119. The van der Waals surface area contributed by atoms with Crippen LogP contribution in [0.3, 0.4) is 0 Å². The van der Waals surface area contributed by atoms with E-state index in [1.165, 1.54) is 17.7 Å². The standard InChI is InChI=1S/C4H3N5OS/c5-4-7-3(10-8-4)2-1-6-9-11-2/h1H,(H2,5,8). The first kappa shape index (κ1) is 6.23. The number of aromatic nitrogens is 4. The number of rotatable bonds is 1. The average Bonchev–Trinajstić information content (AvgIpc) is 2.55. The maximum atomic E-state index is 5.23. The Balaban J connectivity index is 2.45. The molecule has 0 saturated heterocycles. The molecule has 6 nitrogen and oxygen atoms in total. The SMILES string of the molecule is Nc1noc(-c2cnns2)n1. The van der Waals surface area contributed by atoms with Gasteiger partial charge in [-0.3, -0.25) is 0 Å². The summed E-state index contributed by atoms with van der Waals surface area (Å²) in [6.07, 6.45) is 1.54. The van der Waals surface area contributed by atoms with Crippen molar-refractivity contribution in [3.05, 3.63) is 6.20 Å². The molecule has 0 atom stereocenters. The summed E-state index contributed by atoms with van der Waals surface area (Å²) in [5.74, 6) is 0.478. The fourth-order valence-corrected chi connectivity index (χ4v) is 1.03. The van der Waals surface area contributed by atoms with Gasteiger partial charge in [0.05, 0.1) is 6.20 Å². The zero-order chi connectivity index (χ0) is 7.68. The van der Waals surface area contributed by atoms with Gasteiger partial charge in [-0.25, -0.2) is 0 Å². The molecule has 0 aliphatic carbocycles. The molecule has 2 heterocycles. The molecule has 0 unspecified atom stereocenters. The van der Waals surface area contributed by atoms with Gasteiger partial charge in [0.25, 0.3) is 11.8 Å². The van der Waals surface area contributed by atoms with Gasteiger partial charge >= 0.3 is 0 Å². The van der Waals surface area contributed by atoms with Gasteiger partial charge in [0.2, 0.25) is 0 Å². The maximum Gasteiger partial charge on any atom is 0.272 e. The number of anilines is 1. The number of nitrogens with two attached hydrogens (primary N) is 1. The first-order valence-corrected chi connectivity index (χ1v) is 3.50. The highest BCUT2D eigenvalue weighted by Gasteiger charge is 2.07. The van der Waals surface area contributed by atoms with Crippen LogP contribution in [-0.4, -0.2) is 19.7 Å². The zero-order valence-electron chi connectivity index (χ0n) is 5.26. The molecule has 0 amide bonds. The maximum absolute atomic E-state index is 5.23. The van der Waals surface area contributed by atoms with Crippen molar-refractivity contribution in [1.82, 2.24) is 19.7 Å². The Morgan fingerprint density at radius 2 is 2.45 bits per heavy atom. The van der Waals surface area contributed by atoms with Crippen LogP contribution in [0.25, 0.3) is 10.8 Å². The van der Waals surface area contributed by atoms with E-state index < -0.39 is 0 Å². The summed E-state index contributed by atoms with van der Waals surface area (Å²) in [7, 11) is 0. The third kappa shape index (κ3) is 1.05. The second-order valence-electron chi connectivity index (χ2n) is 1.74.